The number of phenolic OH excluding ortho intramolecular Hbond substituents is 1. The van der Waals surface area contributed by atoms with E-state index >= 15 is 0 Å². The van der Waals surface area contributed by atoms with Crippen LogP contribution in [0.3, 0.4) is 0 Å². The number of nitrogens with one attached hydrogen (secondary N) is 1. The number of hydrogen-bond donors (Lipinski definition) is 2. The van der Waals surface area contributed by atoms with Crippen molar-refractivity contribution in [1.29, 1.82) is 5.26 Å². The van der Waals surface area contributed by atoms with Gasteiger partial charge in [0.1, 0.15) is 17.4 Å². The predicted molar refractivity (Wildman–Crippen MR) is 82.6 cm³/mol. The van der Waals surface area contributed by atoms with E-state index in [0.29, 0.717) is 18.5 Å². The van der Waals surface area contributed by atoms with Crippen LogP contribution in [-0.2, 0) is 11.2 Å². The summed E-state index contributed by atoms with van der Waals surface area (Å²) < 4.78 is 0. The molecule has 22 heavy (non-hydrogen) atoms. The average Bonchev–Trinajstić information content (AvgIpc) is 2.53. The molecule has 2 N–H and O–H groups in total. The number of rotatable bonds is 5. The van der Waals surface area contributed by atoms with Gasteiger partial charge in [-0.1, -0.05) is 12.1 Å². The number of nitriles is 1. The van der Waals surface area contributed by atoms with Crippen LogP contribution in [0.2, 0.25) is 0 Å². The van der Waals surface area contributed by atoms with E-state index in [2.05, 4.69) is 10.3 Å². The molecule has 0 aliphatic rings. The van der Waals surface area contributed by atoms with Crippen LogP contribution >= 0.6 is 0 Å². The molecule has 5 nitrogen and oxygen atoms in total. The van der Waals surface area contributed by atoms with Crippen molar-refractivity contribution in [1.82, 2.24) is 10.3 Å². The Hall–Kier alpha value is -3.13. The second kappa shape index (κ2) is 7.60. The Kier molecular flexibility index (Phi) is 5.27. The van der Waals surface area contributed by atoms with Crippen LogP contribution in [0.4, 0.5) is 0 Å². The van der Waals surface area contributed by atoms with Gasteiger partial charge in [-0.15, -0.1) is 0 Å². The molecule has 2 aromatic rings. The molecule has 0 unspecified atom stereocenters. The fourth-order valence-corrected chi connectivity index (χ4v) is 1.89. The second-order valence-corrected chi connectivity index (χ2v) is 4.63. The molecule has 0 fully saturated rings. The summed E-state index contributed by atoms with van der Waals surface area (Å²) in [5.41, 5.74) is 1.66. The number of nitrogens with zero attached hydrogens (tertiary/aromatic N) is 2. The number of carbonyl (C=O) groups is 1. The molecule has 2 rings (SSSR count). The van der Waals surface area contributed by atoms with Gasteiger partial charge < -0.3 is 10.4 Å². The third-order valence-corrected chi connectivity index (χ3v) is 2.99. The highest BCUT2D eigenvalue weighted by Crippen LogP contribution is 2.14. The summed E-state index contributed by atoms with van der Waals surface area (Å²) in [6.45, 7) is 0.432. The van der Waals surface area contributed by atoms with E-state index in [1.165, 1.54) is 18.2 Å². The molecule has 0 bridgehead atoms. The Balaban J connectivity index is 1.96. The third kappa shape index (κ3) is 4.46. The van der Waals surface area contributed by atoms with Crippen LogP contribution in [0.1, 0.15) is 11.1 Å². The van der Waals surface area contributed by atoms with Crippen molar-refractivity contribution in [2.75, 3.05) is 6.54 Å². The summed E-state index contributed by atoms with van der Waals surface area (Å²) in [4.78, 5) is 15.9. The van der Waals surface area contributed by atoms with E-state index in [1.54, 1.807) is 24.5 Å². The van der Waals surface area contributed by atoms with E-state index in [0.717, 1.165) is 5.56 Å². The van der Waals surface area contributed by atoms with Gasteiger partial charge in [-0.3, -0.25) is 9.78 Å². The Bertz CT molecular complexity index is 718. The lowest BCUT2D eigenvalue weighted by atomic mass is 10.1. The zero-order valence-electron chi connectivity index (χ0n) is 11.9. The summed E-state index contributed by atoms with van der Waals surface area (Å²) in [7, 11) is 0. The van der Waals surface area contributed by atoms with Crippen molar-refractivity contribution >= 4 is 12.0 Å². The molecule has 0 aliphatic heterocycles. The van der Waals surface area contributed by atoms with Gasteiger partial charge >= 0.3 is 0 Å². The maximum atomic E-state index is 12.0. The minimum absolute atomic E-state index is 0.000304. The molecule has 1 amide bonds. The van der Waals surface area contributed by atoms with Crippen molar-refractivity contribution in [2.24, 2.45) is 0 Å². The molecule has 1 heterocycles. The van der Waals surface area contributed by atoms with Crippen LogP contribution in [0.5, 0.6) is 5.75 Å². The first-order valence-electron chi connectivity index (χ1n) is 6.77. The van der Waals surface area contributed by atoms with Crippen molar-refractivity contribution in [3.05, 3.63) is 65.5 Å². The van der Waals surface area contributed by atoms with Crippen molar-refractivity contribution < 1.29 is 9.90 Å². The van der Waals surface area contributed by atoms with Crippen molar-refractivity contribution in [2.45, 2.75) is 6.42 Å². The van der Waals surface area contributed by atoms with Gasteiger partial charge in [-0.05, 0) is 47.9 Å². The third-order valence-electron chi connectivity index (χ3n) is 2.99. The number of aromatic hydroxyl groups is 1. The first-order valence-corrected chi connectivity index (χ1v) is 6.77. The second-order valence-electron chi connectivity index (χ2n) is 4.63. The van der Waals surface area contributed by atoms with Gasteiger partial charge in [-0.2, -0.15) is 5.26 Å². The van der Waals surface area contributed by atoms with Crippen molar-refractivity contribution in [3.63, 3.8) is 0 Å². The zero-order chi connectivity index (χ0) is 15.8. The number of aromatic nitrogens is 1. The summed E-state index contributed by atoms with van der Waals surface area (Å²) in [6, 6.07) is 12.0. The Labute approximate surface area is 128 Å². The minimum Gasteiger partial charge on any atom is -0.508 e. The maximum absolute atomic E-state index is 12.0. The summed E-state index contributed by atoms with van der Waals surface area (Å²) in [6.07, 6.45) is 5.50. The number of pyridine rings is 1. The molecule has 110 valence electrons. The number of carbonyl (C=O) groups excluding carboxylic acids is 1. The smallest absolute Gasteiger partial charge is 0.261 e. The van der Waals surface area contributed by atoms with Crippen LogP contribution < -0.4 is 5.32 Å². The maximum Gasteiger partial charge on any atom is 0.261 e. The lowest BCUT2D eigenvalue weighted by molar-refractivity contribution is -0.117. The van der Waals surface area contributed by atoms with Gasteiger partial charge in [0.2, 0.25) is 0 Å². The quantitative estimate of drug-likeness (QED) is 0.652. The average molecular weight is 293 g/mol. The monoisotopic (exact) mass is 293 g/mol. The summed E-state index contributed by atoms with van der Waals surface area (Å²) in [5, 5.41) is 21.2. The van der Waals surface area contributed by atoms with Crippen LogP contribution in [0, 0.1) is 11.3 Å². The first-order chi connectivity index (χ1) is 10.7. The molecule has 5 heteroatoms. The van der Waals surface area contributed by atoms with E-state index in [4.69, 9.17) is 5.26 Å². The number of benzene rings is 1. The number of phenols is 1. The fraction of sp³-hybridized carbons (Fsp3) is 0.118. The van der Waals surface area contributed by atoms with Gasteiger partial charge in [0.15, 0.2) is 0 Å². The molecule has 0 atom stereocenters. The van der Waals surface area contributed by atoms with Gasteiger partial charge in [0, 0.05) is 18.9 Å². The molecule has 1 aromatic carbocycles. The highest BCUT2D eigenvalue weighted by atomic mass is 16.3. The van der Waals surface area contributed by atoms with Crippen LogP contribution in [0.25, 0.3) is 6.08 Å². The lowest BCUT2D eigenvalue weighted by Crippen LogP contribution is -2.26. The Morgan fingerprint density at radius 2 is 2.09 bits per heavy atom. The summed E-state index contributed by atoms with van der Waals surface area (Å²) >= 11 is 0. The van der Waals surface area contributed by atoms with E-state index in [9.17, 15) is 9.90 Å². The molecule has 0 spiro atoms. The Morgan fingerprint density at radius 1 is 1.32 bits per heavy atom. The number of amides is 1. The molecular formula is C17H15N3O2. The van der Waals surface area contributed by atoms with Crippen LogP contribution in [0.15, 0.2) is 54.4 Å². The number of hydrogen-bond acceptors (Lipinski definition) is 4. The van der Waals surface area contributed by atoms with Gasteiger partial charge in [-0.25, -0.2) is 0 Å². The highest BCUT2D eigenvalue weighted by molar-refractivity contribution is 6.01. The van der Waals surface area contributed by atoms with E-state index in [1.807, 2.05) is 18.2 Å². The molecule has 0 saturated carbocycles. The van der Waals surface area contributed by atoms with E-state index < -0.39 is 5.91 Å². The molecule has 0 saturated heterocycles. The molecule has 1 aromatic heterocycles. The van der Waals surface area contributed by atoms with Crippen molar-refractivity contribution in [3.8, 4) is 11.8 Å². The minimum atomic E-state index is -0.431. The summed E-state index contributed by atoms with van der Waals surface area (Å²) in [5.74, 6) is -0.343. The standard InChI is InChI=1S/C17H15N3O2/c18-12-15(10-14-2-1-3-16(21)11-14)17(22)20-9-6-13-4-7-19-8-5-13/h1-5,7-8,10-11,21H,6,9H2,(H,20,22)/b15-10+. The van der Waals surface area contributed by atoms with Gasteiger partial charge in [0.05, 0.1) is 0 Å². The largest absolute Gasteiger partial charge is 0.508 e. The molecule has 0 radical (unpaired) electrons. The normalized spacial score (nSPS) is 10.8. The van der Waals surface area contributed by atoms with E-state index in [-0.39, 0.29) is 11.3 Å². The fourth-order valence-electron chi connectivity index (χ4n) is 1.89. The highest BCUT2D eigenvalue weighted by Gasteiger charge is 2.08. The lowest BCUT2D eigenvalue weighted by Gasteiger charge is -2.04. The SMILES string of the molecule is N#C/C(=C\c1cccc(O)c1)C(=O)NCCc1ccncc1. The first kappa shape index (κ1) is 15.3. The van der Waals surface area contributed by atoms with Gasteiger partial charge in [0.25, 0.3) is 5.91 Å². The predicted octanol–water partition coefficient (Wildman–Crippen LogP) is 2.05. The molecule has 0 aliphatic carbocycles. The van der Waals surface area contributed by atoms with Crippen LogP contribution in [-0.4, -0.2) is 22.5 Å². The molecular weight excluding hydrogens is 278 g/mol. The Morgan fingerprint density at radius 3 is 2.77 bits per heavy atom. The zero-order valence-corrected chi connectivity index (χ0v) is 11.9. The topological polar surface area (TPSA) is 86.0 Å².